The fraction of sp³-hybridized carbons (Fsp3) is 0.258. The predicted molar refractivity (Wildman–Crippen MR) is 147 cm³/mol. The number of hydrogen-bond donors (Lipinski definition) is 1. The minimum Gasteiger partial charge on any atom is -0.507 e. The molecule has 1 fully saturated rings. The number of carbonyl (C=O) groups excluding carboxylic acids is 3. The normalized spacial score (nSPS) is 16.4. The van der Waals surface area contributed by atoms with Crippen molar-refractivity contribution < 1.29 is 33.7 Å². The zero-order valence-corrected chi connectivity index (χ0v) is 22.3. The second-order valence-corrected chi connectivity index (χ2v) is 9.45. The first-order valence-electron chi connectivity index (χ1n) is 12.7. The first-order chi connectivity index (χ1) is 18.7. The van der Waals surface area contributed by atoms with Crippen LogP contribution in [0.5, 0.6) is 11.5 Å². The average Bonchev–Trinajstić information content (AvgIpc) is 3.21. The summed E-state index contributed by atoms with van der Waals surface area (Å²) in [5, 5.41) is 11.5. The summed E-state index contributed by atoms with van der Waals surface area (Å²) in [4.78, 5) is 40.7. The number of ether oxygens (including phenoxy) is 3. The highest BCUT2D eigenvalue weighted by Crippen LogP contribution is 2.43. The maximum atomic E-state index is 13.5. The van der Waals surface area contributed by atoms with Crippen LogP contribution in [-0.2, 0) is 14.3 Å². The molecule has 3 aromatic carbocycles. The van der Waals surface area contributed by atoms with E-state index in [1.807, 2.05) is 13.8 Å². The molecule has 1 N–H and O–H groups in total. The van der Waals surface area contributed by atoms with Gasteiger partial charge in [-0.1, -0.05) is 44.2 Å². The molecule has 0 aliphatic carbocycles. The monoisotopic (exact) mass is 529 g/mol. The number of methoxy groups -OCH3 is 1. The molecular formula is C31H31NO7. The number of ketones is 1. The zero-order chi connectivity index (χ0) is 28.1. The van der Waals surface area contributed by atoms with Gasteiger partial charge in [-0.3, -0.25) is 14.5 Å². The van der Waals surface area contributed by atoms with Gasteiger partial charge in [0, 0.05) is 11.3 Å². The van der Waals surface area contributed by atoms with Crippen molar-refractivity contribution in [3.05, 3.63) is 95.1 Å². The van der Waals surface area contributed by atoms with Gasteiger partial charge < -0.3 is 19.3 Å². The van der Waals surface area contributed by atoms with Crippen molar-refractivity contribution in [2.45, 2.75) is 26.8 Å². The van der Waals surface area contributed by atoms with E-state index in [-0.39, 0.29) is 23.5 Å². The Morgan fingerprint density at radius 2 is 1.64 bits per heavy atom. The molecule has 0 aromatic heterocycles. The van der Waals surface area contributed by atoms with Crippen molar-refractivity contribution >= 4 is 29.1 Å². The number of nitrogens with zero attached hydrogens (tertiary/aromatic N) is 1. The molecule has 202 valence electrons. The van der Waals surface area contributed by atoms with E-state index in [0.717, 1.165) is 0 Å². The predicted octanol–water partition coefficient (Wildman–Crippen LogP) is 5.53. The number of anilines is 1. The van der Waals surface area contributed by atoms with Crippen LogP contribution in [0.25, 0.3) is 5.76 Å². The summed E-state index contributed by atoms with van der Waals surface area (Å²) in [6.45, 7) is 6.42. The van der Waals surface area contributed by atoms with Gasteiger partial charge in [-0.15, -0.1) is 0 Å². The highest BCUT2D eigenvalue weighted by Gasteiger charge is 2.47. The van der Waals surface area contributed by atoms with Crippen LogP contribution < -0.4 is 14.4 Å². The Morgan fingerprint density at radius 3 is 2.36 bits per heavy atom. The van der Waals surface area contributed by atoms with Gasteiger partial charge in [0.1, 0.15) is 17.3 Å². The lowest BCUT2D eigenvalue weighted by Gasteiger charge is -2.26. The molecular weight excluding hydrogens is 498 g/mol. The Morgan fingerprint density at radius 1 is 0.949 bits per heavy atom. The first kappa shape index (κ1) is 27.4. The smallest absolute Gasteiger partial charge is 0.338 e. The van der Waals surface area contributed by atoms with E-state index in [2.05, 4.69) is 0 Å². The lowest BCUT2D eigenvalue weighted by molar-refractivity contribution is -0.132. The third kappa shape index (κ3) is 5.80. The number of benzene rings is 3. The summed E-state index contributed by atoms with van der Waals surface area (Å²) in [5.41, 5.74) is 1.33. The zero-order valence-electron chi connectivity index (χ0n) is 22.3. The number of rotatable bonds is 9. The van der Waals surface area contributed by atoms with Gasteiger partial charge in [-0.2, -0.15) is 0 Å². The molecule has 1 atom stereocenters. The summed E-state index contributed by atoms with van der Waals surface area (Å²) >= 11 is 0. The van der Waals surface area contributed by atoms with E-state index >= 15 is 0 Å². The van der Waals surface area contributed by atoms with Crippen LogP contribution in [0.3, 0.4) is 0 Å². The maximum Gasteiger partial charge on any atom is 0.338 e. The third-order valence-corrected chi connectivity index (χ3v) is 6.18. The highest BCUT2D eigenvalue weighted by molar-refractivity contribution is 6.51. The summed E-state index contributed by atoms with van der Waals surface area (Å²) < 4.78 is 16.3. The summed E-state index contributed by atoms with van der Waals surface area (Å²) in [7, 11) is 1.52. The second-order valence-electron chi connectivity index (χ2n) is 9.45. The molecule has 39 heavy (non-hydrogen) atoms. The third-order valence-electron chi connectivity index (χ3n) is 6.18. The van der Waals surface area contributed by atoms with Crippen molar-refractivity contribution in [2.75, 3.05) is 25.2 Å². The fourth-order valence-corrected chi connectivity index (χ4v) is 4.37. The van der Waals surface area contributed by atoms with Crippen LogP contribution in [0.1, 0.15) is 48.3 Å². The maximum absolute atomic E-state index is 13.5. The van der Waals surface area contributed by atoms with Crippen LogP contribution in [0, 0.1) is 5.92 Å². The molecule has 1 heterocycles. The van der Waals surface area contributed by atoms with Gasteiger partial charge in [0.15, 0.2) is 0 Å². The van der Waals surface area contributed by atoms with Crippen LogP contribution in [0.2, 0.25) is 0 Å². The van der Waals surface area contributed by atoms with Gasteiger partial charge in [-0.05, 0) is 60.9 Å². The highest BCUT2D eigenvalue weighted by atomic mass is 16.5. The van der Waals surface area contributed by atoms with Gasteiger partial charge >= 0.3 is 5.97 Å². The largest absolute Gasteiger partial charge is 0.507 e. The van der Waals surface area contributed by atoms with Crippen molar-refractivity contribution in [1.29, 1.82) is 0 Å². The first-order valence-corrected chi connectivity index (χ1v) is 12.7. The molecule has 1 saturated heterocycles. The van der Waals surface area contributed by atoms with E-state index in [1.54, 1.807) is 73.7 Å². The van der Waals surface area contributed by atoms with Gasteiger partial charge in [0.25, 0.3) is 11.7 Å². The van der Waals surface area contributed by atoms with Gasteiger partial charge in [0.05, 0.1) is 37.5 Å². The molecule has 0 spiro atoms. The fourth-order valence-electron chi connectivity index (χ4n) is 4.37. The summed E-state index contributed by atoms with van der Waals surface area (Å²) in [5.74, 6) is -1.23. The molecule has 1 amide bonds. The van der Waals surface area contributed by atoms with E-state index < -0.39 is 23.7 Å². The van der Waals surface area contributed by atoms with Crippen LogP contribution in [0.4, 0.5) is 5.69 Å². The number of hydrogen-bond acceptors (Lipinski definition) is 7. The Labute approximate surface area is 227 Å². The van der Waals surface area contributed by atoms with Crippen molar-refractivity contribution in [1.82, 2.24) is 0 Å². The molecule has 0 saturated carbocycles. The van der Waals surface area contributed by atoms with E-state index in [4.69, 9.17) is 14.2 Å². The summed E-state index contributed by atoms with van der Waals surface area (Å²) in [6.07, 6.45) is 0. The molecule has 0 radical (unpaired) electrons. The Bertz CT molecular complexity index is 1430. The molecule has 3 aromatic rings. The number of Topliss-reactive ketones (excluding diaryl/α,β-unsaturated/α-hetero) is 1. The second kappa shape index (κ2) is 11.9. The summed E-state index contributed by atoms with van der Waals surface area (Å²) in [6, 6.07) is 19.0. The number of esters is 1. The average molecular weight is 530 g/mol. The van der Waals surface area contributed by atoms with Crippen LogP contribution in [0.15, 0.2) is 78.4 Å². The van der Waals surface area contributed by atoms with E-state index in [0.29, 0.717) is 40.8 Å². The number of aliphatic hydroxyl groups is 1. The van der Waals surface area contributed by atoms with E-state index in [1.165, 1.54) is 18.1 Å². The van der Waals surface area contributed by atoms with Gasteiger partial charge in [-0.25, -0.2) is 4.79 Å². The van der Waals surface area contributed by atoms with Gasteiger partial charge in [0.2, 0.25) is 0 Å². The standard InChI is InChI=1S/C31H31NO7/c1-5-38-31(36)22-11-6-12-23(15-22)32-27(20-9-7-13-24(16-20)37-4)26(29(34)30(32)35)28(33)21-10-8-14-25(17-21)39-18-19(2)3/h6-17,19,27,33H,5,18H2,1-4H3/b28-26+. The lowest BCUT2D eigenvalue weighted by Crippen LogP contribution is -2.29. The Balaban J connectivity index is 1.88. The van der Waals surface area contributed by atoms with Crippen molar-refractivity contribution in [3.63, 3.8) is 0 Å². The minimum absolute atomic E-state index is 0.0872. The molecule has 8 heteroatoms. The SMILES string of the molecule is CCOC(=O)c1cccc(N2C(=O)C(=O)/C(=C(/O)c3cccc(OCC(C)C)c3)C2c2cccc(OC)c2)c1. The lowest BCUT2D eigenvalue weighted by atomic mass is 9.95. The topological polar surface area (TPSA) is 102 Å². The quantitative estimate of drug-likeness (QED) is 0.168. The molecule has 0 bridgehead atoms. The Kier molecular flexibility index (Phi) is 8.34. The van der Waals surface area contributed by atoms with Crippen LogP contribution >= 0.6 is 0 Å². The minimum atomic E-state index is -0.988. The number of aliphatic hydroxyl groups excluding tert-OH is 1. The Hall–Kier alpha value is -4.59. The van der Waals surface area contributed by atoms with Crippen molar-refractivity contribution in [3.8, 4) is 11.5 Å². The number of carbonyl (C=O) groups is 3. The molecule has 4 rings (SSSR count). The van der Waals surface area contributed by atoms with Crippen LogP contribution in [-0.4, -0.2) is 43.1 Å². The molecule has 1 aliphatic rings. The number of amides is 1. The van der Waals surface area contributed by atoms with Crippen molar-refractivity contribution in [2.24, 2.45) is 5.92 Å². The molecule has 1 aliphatic heterocycles. The van der Waals surface area contributed by atoms with E-state index in [9.17, 15) is 19.5 Å². The molecule has 1 unspecified atom stereocenters. The molecule has 8 nitrogen and oxygen atoms in total.